The molecule has 1 saturated carbocycles. The molecule has 8 aromatic carbocycles. The highest BCUT2D eigenvalue weighted by molar-refractivity contribution is 6.05. The Morgan fingerprint density at radius 3 is 1.78 bits per heavy atom. The summed E-state index contributed by atoms with van der Waals surface area (Å²) in [5.74, 6) is -3.35. The second-order valence-corrected chi connectivity index (χ2v) is 23.5. The first-order chi connectivity index (χ1) is 40.7. The SMILES string of the molecule is Fc1ccc(-c2ccc3c[n+]2C=C2/C=C(/c4ccccc4-3)C34c5cc(F)cc(F)c5-c5ccc6c[n+]5C35C=C(c3ccccc3-6)C36C=C2c2ccccc2-c2c[n+]3c(cc2-c2ccc(-c3ccccc3)cc2)-c2ccccc2C6C45)c(F)c1. The minimum Gasteiger partial charge on any atom is -0.207 e. The first-order valence-corrected chi connectivity index (χ1v) is 28.4. The lowest BCUT2D eigenvalue weighted by Crippen LogP contribution is -2.66. The third kappa shape index (κ3) is 5.53. The Balaban J connectivity index is 1.05. The number of hydrogen-bond acceptors (Lipinski definition) is 0. The van der Waals surface area contributed by atoms with Crippen LogP contribution in [0, 0.1) is 29.2 Å². The van der Waals surface area contributed by atoms with Crippen LogP contribution >= 0.6 is 0 Å². The Labute approximate surface area is 475 Å². The van der Waals surface area contributed by atoms with Crippen LogP contribution in [-0.4, -0.2) is 0 Å². The zero-order valence-corrected chi connectivity index (χ0v) is 44.3. The zero-order valence-electron chi connectivity index (χ0n) is 44.3. The lowest BCUT2D eigenvalue weighted by atomic mass is 9.60. The average Bonchev–Trinajstić information content (AvgIpc) is 1.43. The van der Waals surface area contributed by atoms with Crippen molar-refractivity contribution >= 4 is 22.9 Å². The Bertz CT molecular complexity index is 4990. The molecule has 5 unspecified atom stereocenters. The topological polar surface area (TPSA) is 11.6 Å². The van der Waals surface area contributed by atoms with Crippen molar-refractivity contribution in [2.45, 2.75) is 22.4 Å². The average molecular weight is 1080 g/mol. The van der Waals surface area contributed by atoms with Crippen LogP contribution in [0.15, 0.2) is 255 Å². The molecule has 3 aliphatic carbocycles. The van der Waals surface area contributed by atoms with E-state index in [1.54, 1.807) is 6.07 Å². The number of benzene rings is 8. The van der Waals surface area contributed by atoms with E-state index in [4.69, 9.17) is 0 Å². The van der Waals surface area contributed by atoms with Crippen molar-refractivity contribution in [3.8, 4) is 89.4 Å². The monoisotopic (exact) mass is 1070 g/mol. The number of nitrogens with zero attached hydrogens (tertiary/aromatic N) is 3. The molecule has 0 amide bonds. The van der Waals surface area contributed by atoms with E-state index in [9.17, 15) is 4.39 Å². The summed E-state index contributed by atoms with van der Waals surface area (Å²) in [7, 11) is 0. The van der Waals surface area contributed by atoms with Crippen molar-refractivity contribution in [3.63, 3.8) is 0 Å². The molecular formula is C76H44F4N3+3. The van der Waals surface area contributed by atoms with Gasteiger partial charge in [0.05, 0.1) is 28.5 Å². The van der Waals surface area contributed by atoms with Crippen LogP contribution < -0.4 is 13.7 Å². The summed E-state index contributed by atoms with van der Waals surface area (Å²) in [6, 6.07) is 71.0. The number of hydrogen-bond donors (Lipinski definition) is 0. The Morgan fingerprint density at radius 2 is 1.01 bits per heavy atom. The van der Waals surface area contributed by atoms with E-state index >= 15 is 13.2 Å². The van der Waals surface area contributed by atoms with Gasteiger partial charge in [-0.05, 0) is 121 Å². The molecule has 5 atom stereocenters. The van der Waals surface area contributed by atoms with Gasteiger partial charge in [-0.1, -0.05) is 146 Å². The Kier molecular flexibility index (Phi) is 8.60. The molecule has 11 aromatic rings. The van der Waals surface area contributed by atoms with Crippen molar-refractivity contribution in [2.24, 2.45) is 5.92 Å². The molecule has 388 valence electrons. The number of allylic oxidation sites excluding steroid dienone is 7. The van der Waals surface area contributed by atoms with Gasteiger partial charge in [-0.15, -0.1) is 0 Å². The van der Waals surface area contributed by atoms with Crippen molar-refractivity contribution in [3.05, 3.63) is 306 Å². The molecule has 0 radical (unpaired) electrons. The summed E-state index contributed by atoms with van der Waals surface area (Å²) < 4.78 is 73.4. The Morgan fingerprint density at radius 1 is 0.386 bits per heavy atom. The fourth-order valence-corrected chi connectivity index (χ4v) is 16.9. The van der Waals surface area contributed by atoms with Crippen LogP contribution in [0.25, 0.3) is 112 Å². The molecule has 3 nitrogen and oxygen atoms in total. The van der Waals surface area contributed by atoms with Crippen LogP contribution in [-0.2, 0) is 16.5 Å². The van der Waals surface area contributed by atoms with Gasteiger partial charge < -0.3 is 0 Å². The molecule has 13 bridgehead atoms. The van der Waals surface area contributed by atoms with Crippen LogP contribution in [0.3, 0.4) is 0 Å². The van der Waals surface area contributed by atoms with Crippen LogP contribution in [0.5, 0.6) is 0 Å². The van der Waals surface area contributed by atoms with Gasteiger partial charge in [0, 0.05) is 69.8 Å². The molecule has 8 heterocycles. The highest BCUT2D eigenvalue weighted by Gasteiger charge is 2.94. The molecule has 8 aliphatic rings. The van der Waals surface area contributed by atoms with Crippen LogP contribution in [0.1, 0.15) is 33.7 Å². The lowest BCUT2D eigenvalue weighted by molar-refractivity contribution is -0.745. The van der Waals surface area contributed by atoms with Crippen molar-refractivity contribution in [1.82, 2.24) is 0 Å². The van der Waals surface area contributed by atoms with Gasteiger partial charge in [0.2, 0.25) is 28.2 Å². The number of pyridine rings is 3. The smallest absolute Gasteiger partial charge is 0.207 e. The first kappa shape index (κ1) is 45.6. The molecule has 1 fully saturated rings. The van der Waals surface area contributed by atoms with E-state index in [0.717, 1.165) is 124 Å². The molecule has 19 rings (SSSR count). The van der Waals surface area contributed by atoms with Gasteiger partial charge >= 0.3 is 0 Å². The predicted octanol–water partition coefficient (Wildman–Crippen LogP) is 16.3. The third-order valence-electron chi connectivity index (χ3n) is 20.0. The Hall–Kier alpha value is -10.1. The van der Waals surface area contributed by atoms with Gasteiger partial charge in [0.25, 0.3) is 0 Å². The highest BCUT2D eigenvalue weighted by Crippen LogP contribution is 2.84. The number of fused-ring (bicyclic) bond motifs is 19. The van der Waals surface area contributed by atoms with Crippen molar-refractivity contribution in [1.29, 1.82) is 0 Å². The molecule has 3 aromatic heterocycles. The van der Waals surface area contributed by atoms with E-state index in [1.807, 2.05) is 41.1 Å². The number of halogens is 4. The second-order valence-electron chi connectivity index (χ2n) is 23.5. The maximum absolute atomic E-state index is 17.9. The standard InChI is InChI=1S/C76H44F4N3/c77-49-28-29-59(66(79)34-49)68-30-26-46-39-81(68)40-48-32-63(55-18-8-4-14-51(46)55)76-64-33-50(78)35-67(80)71(64)69-31-27-47-41-83(69)75(76)38-65(56-19-9-5-15-52(47)56)74-37-61(48)53-16-6-7-17-54(53)62-42-82(74)70(57-20-10-11-21-58(57)72(74)73(75)76)36-60(62)45-24-22-44(23-25-45)43-12-2-1-3-13-43/h1-42,72-73H/q+3/b48-40?,61-37?,63-32-. The molecule has 0 N–H and O–H groups in total. The summed E-state index contributed by atoms with van der Waals surface area (Å²) in [5.41, 5.74) is 19.5. The van der Waals surface area contributed by atoms with Crippen LogP contribution in [0.4, 0.5) is 17.6 Å². The largest absolute Gasteiger partial charge is 0.221 e. The summed E-state index contributed by atoms with van der Waals surface area (Å²) in [4.78, 5) is 0. The van der Waals surface area contributed by atoms with E-state index < -0.39 is 39.8 Å². The van der Waals surface area contributed by atoms with Gasteiger partial charge in [-0.25, -0.2) is 17.6 Å². The fourth-order valence-electron chi connectivity index (χ4n) is 16.9. The summed E-state index contributed by atoms with van der Waals surface area (Å²) in [6.07, 6.45) is 16.2. The maximum atomic E-state index is 17.9. The number of rotatable bonds is 3. The third-order valence-corrected chi connectivity index (χ3v) is 20.0. The first-order valence-electron chi connectivity index (χ1n) is 28.4. The molecule has 83 heavy (non-hydrogen) atoms. The molecule has 7 heteroatoms. The summed E-state index contributed by atoms with van der Waals surface area (Å²) in [6.45, 7) is 0. The minimum absolute atomic E-state index is 0.237. The van der Waals surface area contributed by atoms with Gasteiger partial charge in [0.15, 0.2) is 24.8 Å². The van der Waals surface area contributed by atoms with E-state index in [2.05, 4.69) is 198 Å². The van der Waals surface area contributed by atoms with Gasteiger partial charge in [-0.3, -0.25) is 0 Å². The maximum Gasteiger partial charge on any atom is 0.221 e. The molecular weight excluding hydrogens is 1030 g/mol. The van der Waals surface area contributed by atoms with Crippen molar-refractivity contribution in [2.75, 3.05) is 0 Å². The van der Waals surface area contributed by atoms with E-state index in [-0.39, 0.29) is 17.4 Å². The quantitative estimate of drug-likeness (QED) is 0.123. The fraction of sp³-hybridized carbons (Fsp3) is 0.0658. The summed E-state index contributed by atoms with van der Waals surface area (Å²) >= 11 is 0. The highest BCUT2D eigenvalue weighted by atomic mass is 19.1. The predicted molar refractivity (Wildman–Crippen MR) is 315 cm³/mol. The molecule has 5 aliphatic heterocycles. The zero-order chi connectivity index (χ0) is 54.8. The lowest BCUT2D eigenvalue weighted by Gasteiger charge is -2.45. The normalized spacial score (nSPS) is 22.6. The van der Waals surface area contributed by atoms with Gasteiger partial charge in [0.1, 0.15) is 28.7 Å². The van der Waals surface area contributed by atoms with Crippen molar-refractivity contribution < 1.29 is 31.3 Å². The molecule has 0 saturated heterocycles. The van der Waals surface area contributed by atoms with Gasteiger partial charge in [-0.2, -0.15) is 13.7 Å². The second kappa shape index (κ2) is 15.7. The van der Waals surface area contributed by atoms with Crippen LogP contribution in [0.2, 0.25) is 0 Å². The van der Waals surface area contributed by atoms with E-state index in [0.29, 0.717) is 22.5 Å². The number of aromatic nitrogens is 3. The summed E-state index contributed by atoms with van der Waals surface area (Å²) in [5, 5.41) is 0. The van der Waals surface area contributed by atoms with E-state index in [1.165, 1.54) is 12.1 Å². The minimum atomic E-state index is -1.15. The molecule has 3 spiro atoms.